The third-order valence-corrected chi connectivity index (χ3v) is 3.78. The molecule has 0 aliphatic carbocycles. The highest BCUT2D eigenvalue weighted by atomic mass is 35.5. The van der Waals surface area contributed by atoms with Gasteiger partial charge in [0.1, 0.15) is 11.6 Å². The first-order valence-corrected chi connectivity index (χ1v) is 6.82. The van der Waals surface area contributed by atoms with Crippen molar-refractivity contribution in [3.05, 3.63) is 11.6 Å². The van der Waals surface area contributed by atoms with Gasteiger partial charge in [-0.3, -0.25) is 9.59 Å². The highest BCUT2D eigenvalue weighted by Crippen LogP contribution is 2.26. The normalized spacial score (nSPS) is 28.9. The molecule has 102 valence electrons. The van der Waals surface area contributed by atoms with Gasteiger partial charge >= 0.3 is 0 Å². The van der Waals surface area contributed by atoms with Crippen molar-refractivity contribution in [3.63, 3.8) is 0 Å². The number of hydrogen-bond acceptors (Lipinski definition) is 2. The number of amides is 2. The quantitative estimate of drug-likeness (QED) is 0.833. The van der Waals surface area contributed by atoms with Crippen LogP contribution in [0.25, 0.3) is 0 Å². The van der Waals surface area contributed by atoms with Crippen molar-refractivity contribution < 1.29 is 9.59 Å². The van der Waals surface area contributed by atoms with Crippen molar-refractivity contribution in [2.75, 3.05) is 6.54 Å². The van der Waals surface area contributed by atoms with Gasteiger partial charge in [0, 0.05) is 12.1 Å². The molecule has 0 aromatic carbocycles. The van der Waals surface area contributed by atoms with Gasteiger partial charge in [-0.1, -0.05) is 37.9 Å². The van der Waals surface area contributed by atoms with E-state index >= 15 is 0 Å². The molecule has 4 nitrogen and oxygen atoms in total. The topological polar surface area (TPSA) is 49.4 Å². The Labute approximate surface area is 113 Å². The Hall–Kier alpha value is -1.03. The Morgan fingerprint density at radius 3 is 2.61 bits per heavy atom. The van der Waals surface area contributed by atoms with Gasteiger partial charge in [0.2, 0.25) is 11.8 Å². The highest BCUT2D eigenvalue weighted by Gasteiger charge is 2.47. The van der Waals surface area contributed by atoms with Crippen LogP contribution in [0.1, 0.15) is 40.0 Å². The second-order valence-corrected chi connectivity index (χ2v) is 5.00. The molecule has 18 heavy (non-hydrogen) atoms. The Morgan fingerprint density at radius 2 is 2.11 bits per heavy atom. The van der Waals surface area contributed by atoms with Gasteiger partial charge in [0.25, 0.3) is 0 Å². The first-order chi connectivity index (χ1) is 8.51. The number of carbonyl (C=O) groups is 2. The summed E-state index contributed by atoms with van der Waals surface area (Å²) >= 11 is 5.52. The molecule has 0 bridgehead atoms. The lowest BCUT2D eigenvalue weighted by Crippen LogP contribution is -2.69. The summed E-state index contributed by atoms with van der Waals surface area (Å²) in [5.41, 5.74) is 0.600. The molecule has 1 heterocycles. The van der Waals surface area contributed by atoms with E-state index < -0.39 is 11.6 Å². The van der Waals surface area contributed by atoms with Gasteiger partial charge < -0.3 is 10.2 Å². The lowest BCUT2D eigenvalue weighted by atomic mass is 9.89. The molecule has 1 rings (SSSR count). The first kappa shape index (κ1) is 15.0. The van der Waals surface area contributed by atoms with E-state index in [0.717, 1.165) is 6.42 Å². The molecule has 2 atom stereocenters. The molecule has 0 aromatic heterocycles. The smallest absolute Gasteiger partial charge is 0.246 e. The summed E-state index contributed by atoms with van der Waals surface area (Å²) in [6.45, 7) is 6.07. The molecule has 0 saturated carbocycles. The molecule has 1 saturated heterocycles. The molecule has 1 fully saturated rings. The summed E-state index contributed by atoms with van der Waals surface area (Å²) in [6, 6.07) is -0.397. The Morgan fingerprint density at radius 1 is 1.44 bits per heavy atom. The molecule has 1 N–H and O–H groups in total. The van der Waals surface area contributed by atoms with Crippen LogP contribution in [0.15, 0.2) is 11.6 Å². The second-order valence-electron chi connectivity index (χ2n) is 4.75. The first-order valence-electron chi connectivity index (χ1n) is 6.38. The van der Waals surface area contributed by atoms with Crippen molar-refractivity contribution >= 4 is 23.4 Å². The van der Waals surface area contributed by atoms with Gasteiger partial charge in [-0.15, -0.1) is 0 Å². The van der Waals surface area contributed by atoms with Crippen LogP contribution in [-0.4, -0.2) is 34.8 Å². The summed E-state index contributed by atoms with van der Waals surface area (Å²) < 4.78 is 0. The minimum atomic E-state index is -0.780. The fourth-order valence-corrected chi connectivity index (χ4v) is 2.28. The Balaban J connectivity index is 3.01. The molecule has 1 aliphatic heterocycles. The van der Waals surface area contributed by atoms with Crippen LogP contribution in [0.5, 0.6) is 0 Å². The zero-order valence-corrected chi connectivity index (χ0v) is 12.0. The number of piperazine rings is 1. The fourth-order valence-electron chi connectivity index (χ4n) is 2.20. The average molecular weight is 273 g/mol. The summed E-state index contributed by atoms with van der Waals surface area (Å²) in [5, 5.41) is 2.83. The third-order valence-electron chi connectivity index (χ3n) is 3.60. The maximum atomic E-state index is 12.4. The van der Waals surface area contributed by atoms with Crippen LogP contribution in [0, 0.1) is 0 Å². The predicted octanol–water partition coefficient (Wildman–Crippen LogP) is 2.03. The summed E-state index contributed by atoms with van der Waals surface area (Å²) in [7, 11) is 0. The van der Waals surface area contributed by atoms with Crippen molar-refractivity contribution in [2.45, 2.75) is 51.6 Å². The lowest BCUT2D eigenvalue weighted by Gasteiger charge is -2.45. The highest BCUT2D eigenvalue weighted by molar-refractivity contribution is 6.25. The molecule has 2 amide bonds. The van der Waals surface area contributed by atoms with Crippen LogP contribution in [0.2, 0.25) is 0 Å². The lowest BCUT2D eigenvalue weighted by molar-refractivity contribution is -0.156. The van der Waals surface area contributed by atoms with Gasteiger partial charge in [0.15, 0.2) is 0 Å². The second kappa shape index (κ2) is 6.23. The zero-order chi connectivity index (χ0) is 13.8. The minimum Gasteiger partial charge on any atom is -0.342 e. The third kappa shape index (κ3) is 2.69. The standard InChI is InChI=1S/C13H21ClN2O2/c1-4-7-10-11(17)16(9-6-8-14)13(3,5-2)12(18)15-10/h6,8,10H,4-5,7,9H2,1-3H3,(H,15,18)/b8-6+. The SMILES string of the molecule is CCCC1NC(=O)C(C)(CC)N(C/C=C/Cl)C1=O. The number of carbonyl (C=O) groups excluding carboxylic acids is 2. The van der Waals surface area contributed by atoms with Gasteiger partial charge in [0.05, 0.1) is 0 Å². The number of halogens is 1. The van der Waals surface area contributed by atoms with E-state index in [2.05, 4.69) is 5.32 Å². The molecule has 2 unspecified atom stereocenters. The average Bonchev–Trinajstić information content (AvgIpc) is 2.36. The van der Waals surface area contributed by atoms with Gasteiger partial charge in [-0.05, 0) is 19.8 Å². The summed E-state index contributed by atoms with van der Waals surface area (Å²) in [4.78, 5) is 26.2. The van der Waals surface area contributed by atoms with Crippen molar-refractivity contribution in [1.29, 1.82) is 0 Å². The number of hydrogen-bond donors (Lipinski definition) is 1. The van der Waals surface area contributed by atoms with Crippen LogP contribution in [-0.2, 0) is 9.59 Å². The molecule has 1 aliphatic rings. The van der Waals surface area contributed by atoms with Crippen LogP contribution in [0.3, 0.4) is 0 Å². The summed E-state index contributed by atoms with van der Waals surface area (Å²) in [5.74, 6) is -0.0958. The Bertz CT molecular complexity index is 357. The van der Waals surface area contributed by atoms with Crippen molar-refractivity contribution in [3.8, 4) is 0 Å². The van der Waals surface area contributed by atoms with Crippen LogP contribution < -0.4 is 5.32 Å². The molecule has 5 heteroatoms. The van der Waals surface area contributed by atoms with E-state index in [1.807, 2.05) is 13.8 Å². The maximum absolute atomic E-state index is 12.4. The zero-order valence-electron chi connectivity index (χ0n) is 11.2. The van der Waals surface area contributed by atoms with Crippen LogP contribution in [0.4, 0.5) is 0 Å². The van der Waals surface area contributed by atoms with Crippen molar-refractivity contribution in [1.82, 2.24) is 10.2 Å². The number of nitrogens with zero attached hydrogens (tertiary/aromatic N) is 1. The number of nitrogens with one attached hydrogen (secondary N) is 1. The monoisotopic (exact) mass is 272 g/mol. The molecule has 0 spiro atoms. The van der Waals surface area contributed by atoms with E-state index in [-0.39, 0.29) is 11.8 Å². The van der Waals surface area contributed by atoms with Gasteiger partial charge in [-0.25, -0.2) is 0 Å². The molecular weight excluding hydrogens is 252 g/mol. The van der Waals surface area contributed by atoms with E-state index in [4.69, 9.17) is 11.6 Å². The summed E-state index contributed by atoms with van der Waals surface area (Å²) in [6.07, 6.45) is 3.80. The van der Waals surface area contributed by atoms with E-state index in [1.165, 1.54) is 5.54 Å². The molecule has 0 radical (unpaired) electrons. The predicted molar refractivity (Wildman–Crippen MR) is 72.2 cm³/mol. The van der Waals surface area contributed by atoms with Crippen molar-refractivity contribution in [2.24, 2.45) is 0 Å². The maximum Gasteiger partial charge on any atom is 0.246 e. The van der Waals surface area contributed by atoms with Gasteiger partial charge in [-0.2, -0.15) is 0 Å². The fraction of sp³-hybridized carbons (Fsp3) is 0.692. The van der Waals surface area contributed by atoms with E-state index in [9.17, 15) is 9.59 Å². The molecule has 0 aromatic rings. The number of rotatable bonds is 5. The molecular formula is C13H21ClN2O2. The Kier molecular flexibility index (Phi) is 5.20. The van der Waals surface area contributed by atoms with E-state index in [1.54, 1.807) is 17.9 Å². The minimum absolute atomic E-state index is 0.0180. The van der Waals surface area contributed by atoms with Crippen LogP contribution >= 0.6 is 11.6 Å². The van der Waals surface area contributed by atoms with E-state index in [0.29, 0.717) is 19.4 Å². The largest absolute Gasteiger partial charge is 0.342 e.